The second-order valence-corrected chi connectivity index (χ2v) is 6.02. The summed E-state index contributed by atoms with van der Waals surface area (Å²) in [6, 6.07) is 0. The van der Waals surface area contributed by atoms with Gasteiger partial charge in [-0.05, 0) is 38.8 Å². The molecule has 22 heavy (non-hydrogen) atoms. The number of nitrogens with one attached hydrogen (secondary N) is 2. The fourth-order valence-corrected chi connectivity index (χ4v) is 2.61. The second-order valence-electron chi connectivity index (χ2n) is 6.02. The van der Waals surface area contributed by atoms with Crippen LogP contribution in [0.25, 0.3) is 0 Å². The van der Waals surface area contributed by atoms with Crippen LogP contribution in [0, 0.1) is 11.8 Å². The van der Waals surface area contributed by atoms with Gasteiger partial charge in [-0.3, -0.25) is 14.5 Å². The zero-order valence-corrected chi connectivity index (χ0v) is 12.4. The highest BCUT2D eigenvalue weighted by Crippen LogP contribution is 2.28. The zero-order chi connectivity index (χ0) is 16.2. The standard InChI is InChI=1S/C14H22F3N3O2/c15-14(16,17)9-20-7-3-11(4-8-20)13(22)19-6-5-18-12(21)10-1-2-10/h10-11H,1-9H2,(H,18,21)(H,19,22). The summed E-state index contributed by atoms with van der Waals surface area (Å²) < 4.78 is 36.8. The third-order valence-corrected chi connectivity index (χ3v) is 4.03. The van der Waals surface area contributed by atoms with Gasteiger partial charge in [0.2, 0.25) is 11.8 Å². The van der Waals surface area contributed by atoms with Crippen molar-refractivity contribution in [3.05, 3.63) is 0 Å². The molecule has 5 nitrogen and oxygen atoms in total. The molecule has 126 valence electrons. The Balaban J connectivity index is 1.57. The number of carbonyl (C=O) groups is 2. The summed E-state index contributed by atoms with van der Waals surface area (Å²) in [7, 11) is 0. The molecule has 2 N–H and O–H groups in total. The maximum absolute atomic E-state index is 12.3. The van der Waals surface area contributed by atoms with E-state index in [0.717, 1.165) is 12.8 Å². The first-order chi connectivity index (χ1) is 10.3. The third kappa shape index (κ3) is 5.82. The van der Waals surface area contributed by atoms with Gasteiger partial charge in [0.25, 0.3) is 0 Å². The predicted octanol–water partition coefficient (Wildman–Crippen LogP) is 0.903. The summed E-state index contributed by atoms with van der Waals surface area (Å²) in [6.45, 7) is 0.425. The Morgan fingerprint density at radius 2 is 1.36 bits per heavy atom. The van der Waals surface area contributed by atoms with Gasteiger partial charge >= 0.3 is 6.18 Å². The van der Waals surface area contributed by atoms with Crippen molar-refractivity contribution < 1.29 is 22.8 Å². The van der Waals surface area contributed by atoms with Crippen molar-refractivity contribution in [3.63, 3.8) is 0 Å². The van der Waals surface area contributed by atoms with E-state index >= 15 is 0 Å². The highest BCUT2D eigenvalue weighted by Gasteiger charge is 2.33. The molecule has 0 unspecified atom stereocenters. The lowest BCUT2D eigenvalue weighted by atomic mass is 9.96. The molecule has 1 aliphatic heterocycles. The molecule has 0 bridgehead atoms. The Morgan fingerprint density at radius 1 is 0.909 bits per heavy atom. The van der Waals surface area contributed by atoms with Crippen molar-refractivity contribution in [2.45, 2.75) is 31.9 Å². The quantitative estimate of drug-likeness (QED) is 0.715. The van der Waals surface area contributed by atoms with Crippen LogP contribution in [-0.4, -0.2) is 55.6 Å². The summed E-state index contributed by atoms with van der Waals surface area (Å²) >= 11 is 0. The lowest BCUT2D eigenvalue weighted by Crippen LogP contribution is -2.44. The molecule has 2 aliphatic rings. The monoisotopic (exact) mass is 321 g/mol. The molecule has 0 atom stereocenters. The number of likely N-dealkylation sites (tertiary alicyclic amines) is 1. The number of carbonyl (C=O) groups excluding carboxylic acids is 2. The summed E-state index contributed by atoms with van der Waals surface area (Å²) in [6.07, 6.45) is -1.43. The minimum Gasteiger partial charge on any atom is -0.354 e. The first kappa shape index (κ1) is 17.1. The molecule has 2 rings (SSSR count). The number of rotatable bonds is 6. The molecule has 0 aromatic heterocycles. The molecule has 0 aromatic rings. The average molecular weight is 321 g/mol. The number of alkyl halides is 3. The fourth-order valence-electron chi connectivity index (χ4n) is 2.61. The van der Waals surface area contributed by atoms with E-state index in [2.05, 4.69) is 10.6 Å². The number of halogens is 3. The normalized spacial score (nSPS) is 20.7. The van der Waals surface area contributed by atoms with Crippen LogP contribution < -0.4 is 10.6 Å². The molecule has 0 spiro atoms. The largest absolute Gasteiger partial charge is 0.401 e. The van der Waals surface area contributed by atoms with Gasteiger partial charge in [0.1, 0.15) is 0 Å². The van der Waals surface area contributed by atoms with Gasteiger partial charge in [-0.2, -0.15) is 13.2 Å². The van der Waals surface area contributed by atoms with Crippen molar-refractivity contribution in [1.82, 2.24) is 15.5 Å². The van der Waals surface area contributed by atoms with Crippen molar-refractivity contribution in [1.29, 1.82) is 0 Å². The van der Waals surface area contributed by atoms with Crippen molar-refractivity contribution in [2.75, 3.05) is 32.7 Å². The van der Waals surface area contributed by atoms with Crippen molar-refractivity contribution in [2.24, 2.45) is 11.8 Å². The zero-order valence-electron chi connectivity index (χ0n) is 12.4. The minimum atomic E-state index is -4.19. The van der Waals surface area contributed by atoms with Crippen LogP contribution in [0.15, 0.2) is 0 Å². The van der Waals surface area contributed by atoms with Crippen LogP contribution in [0.5, 0.6) is 0 Å². The smallest absolute Gasteiger partial charge is 0.354 e. The topological polar surface area (TPSA) is 61.4 Å². The highest BCUT2D eigenvalue weighted by atomic mass is 19.4. The number of hydrogen-bond donors (Lipinski definition) is 2. The van der Waals surface area contributed by atoms with Gasteiger partial charge < -0.3 is 10.6 Å². The number of nitrogens with zero attached hydrogens (tertiary/aromatic N) is 1. The number of piperidine rings is 1. The minimum absolute atomic E-state index is 0.0368. The van der Waals surface area contributed by atoms with E-state index in [1.165, 1.54) is 4.90 Å². The molecule has 2 fully saturated rings. The van der Waals surface area contributed by atoms with E-state index in [1.54, 1.807) is 0 Å². The van der Waals surface area contributed by atoms with E-state index in [1.807, 2.05) is 0 Å². The fraction of sp³-hybridized carbons (Fsp3) is 0.857. The van der Waals surface area contributed by atoms with E-state index in [-0.39, 0.29) is 36.7 Å². The first-order valence-corrected chi connectivity index (χ1v) is 7.69. The SMILES string of the molecule is O=C(NCCNC(=O)C1CCN(CC(F)(F)F)CC1)C1CC1. The molecule has 8 heteroatoms. The molecular weight excluding hydrogens is 299 g/mol. The van der Waals surface area contributed by atoms with Crippen LogP contribution in [0.3, 0.4) is 0 Å². The summed E-state index contributed by atoms with van der Waals surface area (Å²) in [5.41, 5.74) is 0. The highest BCUT2D eigenvalue weighted by molar-refractivity contribution is 5.81. The Hall–Kier alpha value is -1.31. The van der Waals surface area contributed by atoms with Gasteiger partial charge in [0.05, 0.1) is 6.54 Å². The van der Waals surface area contributed by atoms with Crippen molar-refractivity contribution in [3.8, 4) is 0 Å². The second kappa shape index (κ2) is 7.30. The maximum Gasteiger partial charge on any atom is 0.401 e. The summed E-state index contributed by atoms with van der Waals surface area (Å²) in [5, 5.41) is 5.48. The molecule has 0 aromatic carbocycles. The molecule has 1 saturated heterocycles. The van der Waals surface area contributed by atoms with Gasteiger partial charge in [0.15, 0.2) is 0 Å². The van der Waals surface area contributed by atoms with Gasteiger partial charge in [-0.1, -0.05) is 0 Å². The number of hydrogen-bond acceptors (Lipinski definition) is 3. The van der Waals surface area contributed by atoms with E-state index in [9.17, 15) is 22.8 Å². The molecular formula is C14H22F3N3O2. The maximum atomic E-state index is 12.3. The molecule has 2 amide bonds. The molecule has 1 aliphatic carbocycles. The molecule has 1 heterocycles. The van der Waals surface area contributed by atoms with Crippen LogP contribution in [0.4, 0.5) is 13.2 Å². The van der Waals surface area contributed by atoms with Crippen molar-refractivity contribution >= 4 is 11.8 Å². The third-order valence-electron chi connectivity index (χ3n) is 4.03. The van der Waals surface area contributed by atoms with Gasteiger partial charge in [0, 0.05) is 24.9 Å². The Morgan fingerprint density at radius 3 is 1.77 bits per heavy atom. The lowest BCUT2D eigenvalue weighted by molar-refractivity contribution is -0.149. The van der Waals surface area contributed by atoms with Crippen LogP contribution in [0.2, 0.25) is 0 Å². The van der Waals surface area contributed by atoms with Crippen LogP contribution in [0.1, 0.15) is 25.7 Å². The summed E-state index contributed by atoms with van der Waals surface area (Å²) in [4.78, 5) is 24.6. The van der Waals surface area contributed by atoms with Crippen LogP contribution >= 0.6 is 0 Å². The average Bonchev–Trinajstić information content (AvgIpc) is 3.26. The molecule has 1 saturated carbocycles. The first-order valence-electron chi connectivity index (χ1n) is 7.69. The van der Waals surface area contributed by atoms with Gasteiger partial charge in [-0.15, -0.1) is 0 Å². The van der Waals surface area contributed by atoms with Gasteiger partial charge in [-0.25, -0.2) is 0 Å². The lowest BCUT2D eigenvalue weighted by Gasteiger charge is -2.31. The molecule has 0 radical (unpaired) electrons. The Labute approximate surface area is 127 Å². The van der Waals surface area contributed by atoms with E-state index in [0.29, 0.717) is 25.9 Å². The summed E-state index contributed by atoms with van der Waals surface area (Å²) in [5.74, 6) is -0.181. The number of amides is 2. The van der Waals surface area contributed by atoms with E-state index < -0.39 is 12.7 Å². The predicted molar refractivity (Wildman–Crippen MR) is 74.0 cm³/mol. The Kier molecular flexibility index (Phi) is 5.66. The van der Waals surface area contributed by atoms with Crippen LogP contribution in [-0.2, 0) is 9.59 Å². The van der Waals surface area contributed by atoms with E-state index in [4.69, 9.17) is 0 Å². The Bertz CT molecular complexity index is 403.